The molecule has 2 aliphatic rings. The summed E-state index contributed by atoms with van der Waals surface area (Å²) in [4.78, 5) is 2.01. The maximum atomic E-state index is 14.3. The molecule has 2 aliphatic heterocycles. The van der Waals surface area contributed by atoms with Gasteiger partial charge in [0, 0.05) is 25.3 Å². The molecule has 22 heavy (non-hydrogen) atoms. The molecule has 1 atom stereocenters. The van der Waals surface area contributed by atoms with Crippen LogP contribution in [-0.2, 0) is 14.2 Å². The number of nitrogens with zero attached hydrogens (tertiary/aromatic N) is 1. The molecular formula is C16H23FN2O3. The molecule has 0 unspecified atom stereocenters. The highest BCUT2D eigenvalue weighted by molar-refractivity contribution is 5.56. The van der Waals surface area contributed by atoms with E-state index in [9.17, 15) is 4.39 Å². The Kier molecular flexibility index (Phi) is 4.52. The first-order chi connectivity index (χ1) is 10.5. The van der Waals surface area contributed by atoms with Crippen molar-refractivity contribution in [1.82, 2.24) is 0 Å². The number of rotatable bonds is 4. The second kappa shape index (κ2) is 6.40. The molecule has 0 spiro atoms. The lowest BCUT2D eigenvalue weighted by Gasteiger charge is -2.29. The molecule has 0 radical (unpaired) electrons. The van der Waals surface area contributed by atoms with E-state index in [-0.39, 0.29) is 11.9 Å². The zero-order valence-electron chi connectivity index (χ0n) is 13.1. The lowest BCUT2D eigenvalue weighted by Crippen LogP contribution is -2.36. The molecule has 6 heteroatoms. The summed E-state index contributed by atoms with van der Waals surface area (Å²) < 4.78 is 30.8. The van der Waals surface area contributed by atoms with E-state index in [1.807, 2.05) is 30.9 Å². The molecule has 2 heterocycles. The number of ether oxygens (including phenoxy) is 3. The molecule has 1 aromatic carbocycles. The summed E-state index contributed by atoms with van der Waals surface area (Å²) in [6, 6.07) is 5.25. The first-order valence-corrected chi connectivity index (χ1v) is 7.71. The van der Waals surface area contributed by atoms with Crippen molar-refractivity contribution >= 4 is 11.4 Å². The highest BCUT2D eigenvalue weighted by atomic mass is 19.1. The molecular weight excluding hydrogens is 287 g/mol. The summed E-state index contributed by atoms with van der Waals surface area (Å²) in [5, 5.41) is 3.21. The van der Waals surface area contributed by atoms with Gasteiger partial charge in [-0.3, -0.25) is 0 Å². The van der Waals surface area contributed by atoms with E-state index in [0.717, 1.165) is 18.8 Å². The normalized spacial score (nSPS) is 24.5. The van der Waals surface area contributed by atoms with Crippen LogP contribution in [0.1, 0.15) is 13.8 Å². The SMILES string of the molecule is CC1(C)OC[C@@H](CNc2ccc(N3CCOCC3)c(F)c2)O1. The lowest BCUT2D eigenvalue weighted by molar-refractivity contribution is -0.136. The van der Waals surface area contributed by atoms with Gasteiger partial charge in [0.2, 0.25) is 0 Å². The summed E-state index contributed by atoms with van der Waals surface area (Å²) in [5.41, 5.74) is 1.39. The van der Waals surface area contributed by atoms with E-state index in [1.54, 1.807) is 0 Å². The highest BCUT2D eigenvalue weighted by Gasteiger charge is 2.32. The van der Waals surface area contributed by atoms with Gasteiger partial charge < -0.3 is 24.4 Å². The predicted molar refractivity (Wildman–Crippen MR) is 82.8 cm³/mol. The minimum Gasteiger partial charge on any atom is -0.382 e. The van der Waals surface area contributed by atoms with Crippen LogP contribution in [0.3, 0.4) is 0 Å². The molecule has 1 aromatic rings. The van der Waals surface area contributed by atoms with Crippen molar-refractivity contribution in [2.24, 2.45) is 0 Å². The van der Waals surface area contributed by atoms with Gasteiger partial charge in [-0.25, -0.2) is 4.39 Å². The Bertz CT molecular complexity index is 518. The van der Waals surface area contributed by atoms with Crippen LogP contribution >= 0.6 is 0 Å². The molecule has 0 saturated carbocycles. The Labute approximate surface area is 130 Å². The van der Waals surface area contributed by atoms with Crippen LogP contribution in [0.15, 0.2) is 18.2 Å². The van der Waals surface area contributed by atoms with Crippen molar-refractivity contribution in [3.05, 3.63) is 24.0 Å². The Balaban J connectivity index is 1.57. The van der Waals surface area contributed by atoms with E-state index in [0.29, 0.717) is 32.1 Å². The third-order valence-corrected chi connectivity index (χ3v) is 3.90. The fourth-order valence-electron chi connectivity index (χ4n) is 2.77. The molecule has 0 amide bonds. The maximum absolute atomic E-state index is 14.3. The first-order valence-electron chi connectivity index (χ1n) is 7.71. The summed E-state index contributed by atoms with van der Waals surface area (Å²) in [6.07, 6.45) is -0.0167. The van der Waals surface area contributed by atoms with Crippen molar-refractivity contribution in [3.63, 3.8) is 0 Å². The van der Waals surface area contributed by atoms with Crippen LogP contribution in [0.4, 0.5) is 15.8 Å². The van der Waals surface area contributed by atoms with Crippen molar-refractivity contribution in [1.29, 1.82) is 0 Å². The number of nitrogens with one attached hydrogen (secondary N) is 1. The van der Waals surface area contributed by atoms with Crippen molar-refractivity contribution in [2.75, 3.05) is 49.7 Å². The van der Waals surface area contributed by atoms with E-state index >= 15 is 0 Å². The van der Waals surface area contributed by atoms with Crippen molar-refractivity contribution in [2.45, 2.75) is 25.7 Å². The van der Waals surface area contributed by atoms with Crippen LogP contribution in [0.5, 0.6) is 0 Å². The van der Waals surface area contributed by atoms with Gasteiger partial charge in [-0.2, -0.15) is 0 Å². The third-order valence-electron chi connectivity index (χ3n) is 3.90. The third kappa shape index (κ3) is 3.69. The zero-order chi connectivity index (χ0) is 15.6. The lowest BCUT2D eigenvalue weighted by atomic mass is 10.2. The number of benzene rings is 1. The van der Waals surface area contributed by atoms with Gasteiger partial charge in [-0.05, 0) is 32.0 Å². The van der Waals surface area contributed by atoms with E-state index in [4.69, 9.17) is 14.2 Å². The predicted octanol–water partition coefficient (Wildman–Crippen LogP) is 2.23. The van der Waals surface area contributed by atoms with Crippen LogP contribution < -0.4 is 10.2 Å². The molecule has 122 valence electrons. The zero-order valence-corrected chi connectivity index (χ0v) is 13.1. The summed E-state index contributed by atoms with van der Waals surface area (Å²) in [7, 11) is 0. The number of halogens is 1. The van der Waals surface area contributed by atoms with Gasteiger partial charge >= 0.3 is 0 Å². The van der Waals surface area contributed by atoms with Crippen molar-refractivity contribution in [3.8, 4) is 0 Å². The molecule has 2 fully saturated rings. The molecule has 5 nitrogen and oxygen atoms in total. The fraction of sp³-hybridized carbons (Fsp3) is 0.625. The number of hydrogen-bond donors (Lipinski definition) is 1. The topological polar surface area (TPSA) is 43.0 Å². The summed E-state index contributed by atoms with van der Waals surface area (Å²) in [5.74, 6) is -0.742. The molecule has 0 bridgehead atoms. The fourth-order valence-corrected chi connectivity index (χ4v) is 2.77. The molecule has 2 saturated heterocycles. The van der Waals surface area contributed by atoms with Gasteiger partial charge in [0.1, 0.15) is 11.9 Å². The Morgan fingerprint density at radius 1 is 1.32 bits per heavy atom. The molecule has 1 N–H and O–H groups in total. The van der Waals surface area contributed by atoms with E-state index in [2.05, 4.69) is 5.32 Å². The standard InChI is InChI=1S/C16H23FN2O3/c1-16(2)21-11-13(22-16)10-18-12-3-4-15(14(17)9-12)19-5-7-20-8-6-19/h3-4,9,13,18H,5-8,10-11H2,1-2H3/t13-/m1/s1. The van der Waals surface area contributed by atoms with E-state index < -0.39 is 5.79 Å². The minimum absolute atomic E-state index is 0.0167. The van der Waals surface area contributed by atoms with Crippen molar-refractivity contribution < 1.29 is 18.6 Å². The van der Waals surface area contributed by atoms with Crippen LogP contribution in [0.2, 0.25) is 0 Å². The smallest absolute Gasteiger partial charge is 0.163 e. The second-order valence-corrected chi connectivity index (χ2v) is 6.10. The largest absolute Gasteiger partial charge is 0.382 e. The molecule has 0 aliphatic carbocycles. The van der Waals surface area contributed by atoms with Gasteiger partial charge in [-0.1, -0.05) is 0 Å². The Hall–Kier alpha value is -1.37. The van der Waals surface area contributed by atoms with Gasteiger partial charge in [0.25, 0.3) is 0 Å². The first kappa shape index (κ1) is 15.5. The van der Waals surface area contributed by atoms with Crippen LogP contribution in [0.25, 0.3) is 0 Å². The number of hydrogen-bond acceptors (Lipinski definition) is 5. The quantitative estimate of drug-likeness (QED) is 0.924. The second-order valence-electron chi connectivity index (χ2n) is 6.10. The van der Waals surface area contributed by atoms with E-state index in [1.165, 1.54) is 6.07 Å². The average molecular weight is 310 g/mol. The number of morpholine rings is 1. The van der Waals surface area contributed by atoms with Gasteiger partial charge in [0.05, 0.1) is 25.5 Å². The highest BCUT2D eigenvalue weighted by Crippen LogP contribution is 2.25. The Morgan fingerprint density at radius 3 is 2.73 bits per heavy atom. The average Bonchev–Trinajstić information content (AvgIpc) is 2.85. The monoisotopic (exact) mass is 310 g/mol. The van der Waals surface area contributed by atoms with Gasteiger partial charge in [-0.15, -0.1) is 0 Å². The maximum Gasteiger partial charge on any atom is 0.163 e. The van der Waals surface area contributed by atoms with Gasteiger partial charge in [0.15, 0.2) is 5.79 Å². The Morgan fingerprint density at radius 2 is 2.09 bits per heavy atom. The van der Waals surface area contributed by atoms with Crippen LogP contribution in [0, 0.1) is 5.82 Å². The molecule has 0 aromatic heterocycles. The molecule has 3 rings (SSSR count). The number of anilines is 2. The van der Waals surface area contributed by atoms with Crippen LogP contribution in [-0.4, -0.2) is 51.3 Å². The summed E-state index contributed by atoms with van der Waals surface area (Å²) in [6.45, 7) is 7.68. The minimum atomic E-state index is -0.530. The summed E-state index contributed by atoms with van der Waals surface area (Å²) >= 11 is 0.